The second kappa shape index (κ2) is 8.43. The molecule has 1 aliphatic rings. The van der Waals surface area contributed by atoms with Crippen molar-refractivity contribution in [2.24, 2.45) is 0 Å². The van der Waals surface area contributed by atoms with E-state index >= 15 is 0 Å². The molecule has 2 aromatic carbocycles. The molecule has 0 spiro atoms. The molecule has 3 heterocycles. The summed E-state index contributed by atoms with van der Waals surface area (Å²) >= 11 is 0. The van der Waals surface area contributed by atoms with Gasteiger partial charge in [0.2, 0.25) is 0 Å². The number of carbonyl (C=O) groups is 2. The number of esters is 1. The van der Waals surface area contributed by atoms with Crippen LogP contribution < -0.4 is 0 Å². The fourth-order valence-corrected chi connectivity index (χ4v) is 4.33. The van der Waals surface area contributed by atoms with Crippen molar-refractivity contribution in [3.8, 4) is 5.69 Å². The number of ether oxygens (including phenoxy) is 1. The summed E-state index contributed by atoms with van der Waals surface area (Å²) in [6.45, 7) is 4.33. The average Bonchev–Trinajstić information content (AvgIpc) is 3.34. The maximum Gasteiger partial charge on any atom is 0.341 e. The molecule has 1 N–H and O–H groups in total. The Morgan fingerprint density at radius 1 is 1.09 bits per heavy atom. The van der Waals surface area contributed by atoms with Gasteiger partial charge in [-0.25, -0.2) is 9.48 Å². The SMILES string of the molecule is CCOC(=O)C1=CN(C(=O)c2cnn(-c3ccccc3)c2C)CCc2c1[nH]c1ccccc21. The van der Waals surface area contributed by atoms with Crippen molar-refractivity contribution >= 4 is 28.4 Å². The highest BCUT2D eigenvalue weighted by molar-refractivity contribution is 6.18. The summed E-state index contributed by atoms with van der Waals surface area (Å²) in [7, 11) is 0. The summed E-state index contributed by atoms with van der Waals surface area (Å²) in [5, 5.41) is 5.48. The van der Waals surface area contributed by atoms with Gasteiger partial charge in [0.25, 0.3) is 5.91 Å². The third-order valence-corrected chi connectivity index (χ3v) is 5.97. The number of carbonyl (C=O) groups excluding carboxylic acids is 2. The van der Waals surface area contributed by atoms with Crippen molar-refractivity contribution in [2.75, 3.05) is 13.2 Å². The number of nitrogens with one attached hydrogen (secondary N) is 1. The molecule has 7 nitrogen and oxygen atoms in total. The molecule has 33 heavy (non-hydrogen) atoms. The number of aromatic nitrogens is 3. The maximum atomic E-state index is 13.5. The zero-order valence-electron chi connectivity index (χ0n) is 18.5. The van der Waals surface area contributed by atoms with Crippen LogP contribution in [0.5, 0.6) is 0 Å². The molecular formula is C26H24N4O3. The van der Waals surface area contributed by atoms with Crippen LogP contribution in [0, 0.1) is 6.92 Å². The van der Waals surface area contributed by atoms with Crippen LogP contribution in [0.1, 0.15) is 34.2 Å². The van der Waals surface area contributed by atoms with Gasteiger partial charge in [-0.2, -0.15) is 5.10 Å². The highest BCUT2D eigenvalue weighted by Crippen LogP contribution is 2.32. The molecule has 166 valence electrons. The quantitative estimate of drug-likeness (QED) is 0.481. The Balaban J connectivity index is 1.55. The lowest BCUT2D eigenvalue weighted by Crippen LogP contribution is -2.28. The first kappa shape index (κ1) is 20.8. The van der Waals surface area contributed by atoms with Gasteiger partial charge >= 0.3 is 5.97 Å². The molecule has 0 atom stereocenters. The van der Waals surface area contributed by atoms with Crippen molar-refractivity contribution in [3.05, 3.63) is 89.5 Å². The molecule has 0 radical (unpaired) electrons. The number of benzene rings is 2. The molecule has 0 bridgehead atoms. The fourth-order valence-electron chi connectivity index (χ4n) is 4.33. The van der Waals surface area contributed by atoms with E-state index in [4.69, 9.17) is 4.74 Å². The number of H-pyrrole nitrogens is 1. The van der Waals surface area contributed by atoms with E-state index in [0.717, 1.165) is 27.8 Å². The van der Waals surface area contributed by atoms with Crippen molar-refractivity contribution in [2.45, 2.75) is 20.3 Å². The average molecular weight is 441 g/mol. The highest BCUT2D eigenvalue weighted by Gasteiger charge is 2.29. The van der Waals surface area contributed by atoms with Gasteiger partial charge in [0.05, 0.1) is 41.0 Å². The van der Waals surface area contributed by atoms with E-state index in [1.54, 1.807) is 28.9 Å². The number of hydrogen-bond acceptors (Lipinski definition) is 4. The summed E-state index contributed by atoms with van der Waals surface area (Å²) in [6.07, 6.45) is 3.80. The standard InChI is InChI=1S/C26H24N4O3/c1-3-33-26(32)22-16-29(14-13-20-19-11-7-8-12-23(19)28-24(20)22)25(31)21-15-27-30(17(21)2)18-9-5-4-6-10-18/h4-12,15-16,28H,3,13-14H2,1-2H3. The first-order valence-electron chi connectivity index (χ1n) is 11.0. The van der Waals surface area contributed by atoms with Crippen LogP contribution in [0.25, 0.3) is 22.2 Å². The Morgan fingerprint density at radius 2 is 1.85 bits per heavy atom. The van der Waals surface area contributed by atoms with E-state index in [1.165, 1.54) is 0 Å². The molecule has 2 aromatic heterocycles. The van der Waals surface area contributed by atoms with Gasteiger partial charge in [-0.15, -0.1) is 0 Å². The summed E-state index contributed by atoms with van der Waals surface area (Å²) < 4.78 is 7.07. The number of aromatic amines is 1. The number of rotatable bonds is 4. The topological polar surface area (TPSA) is 80.2 Å². The lowest BCUT2D eigenvalue weighted by atomic mass is 10.0. The summed E-state index contributed by atoms with van der Waals surface area (Å²) in [6, 6.07) is 17.6. The summed E-state index contributed by atoms with van der Waals surface area (Å²) in [4.78, 5) is 31.4. The van der Waals surface area contributed by atoms with Crippen molar-refractivity contribution in [1.82, 2.24) is 19.7 Å². The van der Waals surface area contributed by atoms with E-state index in [-0.39, 0.29) is 12.5 Å². The third kappa shape index (κ3) is 3.61. The minimum Gasteiger partial charge on any atom is -0.462 e. The zero-order valence-corrected chi connectivity index (χ0v) is 18.5. The predicted molar refractivity (Wildman–Crippen MR) is 126 cm³/mol. The Labute approximate surface area is 191 Å². The van der Waals surface area contributed by atoms with Crippen LogP contribution in [-0.4, -0.2) is 44.7 Å². The van der Waals surface area contributed by atoms with Crippen LogP contribution in [0.2, 0.25) is 0 Å². The van der Waals surface area contributed by atoms with Gasteiger partial charge in [-0.1, -0.05) is 36.4 Å². The molecule has 0 saturated carbocycles. The van der Waals surface area contributed by atoms with E-state index in [1.807, 2.05) is 61.5 Å². The first-order valence-corrected chi connectivity index (χ1v) is 11.0. The monoisotopic (exact) mass is 440 g/mol. The molecule has 5 rings (SSSR count). The predicted octanol–water partition coefficient (Wildman–Crippen LogP) is 4.26. The third-order valence-electron chi connectivity index (χ3n) is 5.97. The molecule has 1 aliphatic heterocycles. The van der Waals surface area contributed by atoms with Crippen LogP contribution in [0.15, 0.2) is 67.0 Å². The second-order valence-electron chi connectivity index (χ2n) is 7.93. The van der Waals surface area contributed by atoms with Gasteiger partial charge < -0.3 is 14.6 Å². The Bertz CT molecular complexity index is 1380. The highest BCUT2D eigenvalue weighted by atomic mass is 16.5. The Kier molecular flexibility index (Phi) is 5.30. The number of amides is 1. The van der Waals surface area contributed by atoms with Crippen molar-refractivity contribution < 1.29 is 14.3 Å². The largest absolute Gasteiger partial charge is 0.462 e. The Hall–Kier alpha value is -4.13. The van der Waals surface area contributed by atoms with Crippen molar-refractivity contribution in [1.29, 1.82) is 0 Å². The minimum atomic E-state index is -0.457. The fraction of sp³-hybridized carbons (Fsp3) is 0.192. The zero-order chi connectivity index (χ0) is 22.9. The normalized spacial score (nSPS) is 13.4. The van der Waals surface area contributed by atoms with Crippen LogP contribution in [-0.2, 0) is 16.0 Å². The lowest BCUT2D eigenvalue weighted by Gasteiger charge is -2.17. The smallest absolute Gasteiger partial charge is 0.341 e. The molecule has 0 unspecified atom stereocenters. The van der Waals surface area contributed by atoms with E-state index in [0.29, 0.717) is 29.8 Å². The van der Waals surface area contributed by atoms with Gasteiger partial charge in [0.1, 0.15) is 0 Å². The maximum absolute atomic E-state index is 13.5. The number of fused-ring (bicyclic) bond motifs is 3. The molecule has 0 aliphatic carbocycles. The minimum absolute atomic E-state index is 0.203. The van der Waals surface area contributed by atoms with Gasteiger partial charge in [0, 0.05) is 23.6 Å². The molecule has 1 amide bonds. The lowest BCUT2D eigenvalue weighted by molar-refractivity contribution is -0.136. The Morgan fingerprint density at radius 3 is 2.64 bits per heavy atom. The van der Waals surface area contributed by atoms with E-state index in [9.17, 15) is 9.59 Å². The van der Waals surface area contributed by atoms with Gasteiger partial charge in [-0.3, -0.25) is 4.79 Å². The van der Waals surface area contributed by atoms with Crippen molar-refractivity contribution in [3.63, 3.8) is 0 Å². The molecule has 7 heteroatoms. The van der Waals surface area contributed by atoms with Crippen LogP contribution >= 0.6 is 0 Å². The van der Waals surface area contributed by atoms with Crippen LogP contribution in [0.3, 0.4) is 0 Å². The molecule has 0 fully saturated rings. The van der Waals surface area contributed by atoms with Gasteiger partial charge in [-0.05, 0) is 44.0 Å². The van der Waals surface area contributed by atoms with Gasteiger partial charge in [0.15, 0.2) is 0 Å². The number of nitrogens with zero attached hydrogens (tertiary/aromatic N) is 3. The molecular weight excluding hydrogens is 416 g/mol. The molecule has 0 saturated heterocycles. The van der Waals surface area contributed by atoms with E-state index in [2.05, 4.69) is 10.1 Å². The molecule has 4 aromatic rings. The van der Waals surface area contributed by atoms with Crippen LogP contribution in [0.4, 0.5) is 0 Å². The summed E-state index contributed by atoms with van der Waals surface area (Å²) in [5.41, 5.74) is 5.14. The second-order valence-corrected chi connectivity index (χ2v) is 7.93. The first-order chi connectivity index (χ1) is 16.1. The number of hydrogen-bond donors (Lipinski definition) is 1. The number of para-hydroxylation sites is 2. The van der Waals surface area contributed by atoms with E-state index < -0.39 is 5.97 Å². The summed E-state index contributed by atoms with van der Waals surface area (Å²) in [5.74, 6) is -0.660.